The van der Waals surface area contributed by atoms with Crippen molar-refractivity contribution in [3.63, 3.8) is 0 Å². The Hall–Kier alpha value is -1.84. The van der Waals surface area contributed by atoms with Crippen molar-refractivity contribution >= 4 is 11.9 Å². The third kappa shape index (κ3) is 6.81. The van der Waals surface area contributed by atoms with Gasteiger partial charge in [0.05, 0.1) is 0 Å². The van der Waals surface area contributed by atoms with E-state index in [9.17, 15) is 9.59 Å². The highest BCUT2D eigenvalue weighted by Gasteiger charge is 2.28. The summed E-state index contributed by atoms with van der Waals surface area (Å²) in [7, 11) is 0. The lowest BCUT2D eigenvalue weighted by molar-refractivity contribution is -0.147. The van der Waals surface area contributed by atoms with Crippen molar-refractivity contribution < 1.29 is 19.1 Å². The highest BCUT2D eigenvalue weighted by molar-refractivity contribution is 5.87. The normalized spacial score (nSPS) is 29.2. The molecule has 0 fully saturated rings. The molecule has 1 aliphatic rings. The van der Waals surface area contributed by atoms with E-state index in [0.717, 1.165) is 18.4 Å². The van der Waals surface area contributed by atoms with Crippen LogP contribution in [-0.2, 0) is 19.1 Å². The SMILES string of the molecule is C/C=C(/C)C(=O)O[C@H]1C/C=C(/C)CC[C@@H](C(C)C)[C@@H](OC(C)=O)/C=C\1C. The van der Waals surface area contributed by atoms with Crippen LogP contribution in [0.25, 0.3) is 0 Å². The summed E-state index contributed by atoms with van der Waals surface area (Å²) in [4.78, 5) is 23.9. The maximum Gasteiger partial charge on any atom is 0.333 e. The molecule has 1 rings (SSSR count). The molecule has 1 aliphatic carbocycles. The summed E-state index contributed by atoms with van der Waals surface area (Å²) in [6.07, 6.45) is 7.77. The minimum absolute atomic E-state index is 0.226. The fourth-order valence-corrected chi connectivity index (χ4v) is 3.15. The summed E-state index contributed by atoms with van der Waals surface area (Å²) in [5.74, 6) is 0.0101. The van der Waals surface area contributed by atoms with Gasteiger partial charge in [0.1, 0.15) is 12.2 Å². The molecule has 0 aliphatic heterocycles. The van der Waals surface area contributed by atoms with Gasteiger partial charge in [0.15, 0.2) is 0 Å². The summed E-state index contributed by atoms with van der Waals surface area (Å²) < 4.78 is 11.4. The minimum Gasteiger partial charge on any atom is -0.458 e. The molecule has 0 bridgehead atoms. The zero-order chi connectivity index (χ0) is 19.9. The molecule has 0 spiro atoms. The van der Waals surface area contributed by atoms with Crippen LogP contribution in [0.15, 0.2) is 34.9 Å². The molecule has 0 heterocycles. The van der Waals surface area contributed by atoms with E-state index in [1.165, 1.54) is 12.5 Å². The van der Waals surface area contributed by atoms with Gasteiger partial charge < -0.3 is 9.47 Å². The predicted octanol–water partition coefficient (Wildman–Crippen LogP) is 5.14. The average Bonchev–Trinajstić information content (AvgIpc) is 2.55. The van der Waals surface area contributed by atoms with Gasteiger partial charge in [0.25, 0.3) is 0 Å². The Kier molecular flexibility index (Phi) is 8.83. The van der Waals surface area contributed by atoms with Crippen LogP contribution in [0.5, 0.6) is 0 Å². The highest BCUT2D eigenvalue weighted by Crippen LogP contribution is 2.30. The van der Waals surface area contributed by atoms with Crippen LogP contribution in [0, 0.1) is 11.8 Å². The van der Waals surface area contributed by atoms with Crippen LogP contribution in [-0.4, -0.2) is 24.1 Å². The average molecular weight is 363 g/mol. The maximum absolute atomic E-state index is 12.2. The lowest BCUT2D eigenvalue weighted by Crippen LogP contribution is -2.30. The summed E-state index contributed by atoms with van der Waals surface area (Å²) in [5, 5.41) is 0. The molecule has 26 heavy (non-hydrogen) atoms. The standard InChI is InChI=1S/C22H34O4/c1-8-16(5)22(24)26-20-12-10-15(4)9-11-19(14(2)3)21(13-17(20)6)25-18(7)23/h8,10,13-14,19-21H,9,11-12H2,1-7H3/b15-10-,16-8-,17-13-/t19-,20-,21-/m0/s1. The Morgan fingerprint density at radius 3 is 2.38 bits per heavy atom. The van der Waals surface area contributed by atoms with Crippen LogP contribution >= 0.6 is 0 Å². The van der Waals surface area contributed by atoms with Gasteiger partial charge in [-0.3, -0.25) is 4.79 Å². The number of hydrogen-bond donors (Lipinski definition) is 0. The van der Waals surface area contributed by atoms with Gasteiger partial charge in [-0.15, -0.1) is 0 Å². The summed E-state index contributed by atoms with van der Waals surface area (Å²) in [6, 6.07) is 0. The largest absolute Gasteiger partial charge is 0.458 e. The molecule has 3 atom stereocenters. The molecule has 0 unspecified atom stereocenters. The monoisotopic (exact) mass is 362 g/mol. The van der Waals surface area contributed by atoms with E-state index in [1.54, 1.807) is 13.0 Å². The Labute approximate surface area is 158 Å². The number of carbonyl (C=O) groups is 2. The van der Waals surface area contributed by atoms with Crippen molar-refractivity contribution in [3.05, 3.63) is 34.9 Å². The fourth-order valence-electron chi connectivity index (χ4n) is 3.15. The number of rotatable bonds is 4. The molecule has 0 amide bonds. The van der Waals surface area contributed by atoms with Gasteiger partial charge >= 0.3 is 11.9 Å². The molecule has 0 saturated heterocycles. The Morgan fingerprint density at radius 1 is 1.19 bits per heavy atom. The van der Waals surface area contributed by atoms with E-state index in [0.29, 0.717) is 17.9 Å². The van der Waals surface area contributed by atoms with E-state index in [-0.39, 0.29) is 30.1 Å². The molecule has 4 nitrogen and oxygen atoms in total. The second kappa shape index (κ2) is 10.3. The van der Waals surface area contributed by atoms with Crippen LogP contribution in [0.1, 0.15) is 67.7 Å². The zero-order valence-electron chi connectivity index (χ0n) is 17.3. The molecule has 0 aromatic rings. The van der Waals surface area contributed by atoms with Crippen LogP contribution in [0.2, 0.25) is 0 Å². The molecule has 0 saturated carbocycles. The number of carbonyl (C=O) groups excluding carboxylic acids is 2. The van der Waals surface area contributed by atoms with E-state index in [1.807, 2.05) is 19.9 Å². The van der Waals surface area contributed by atoms with Crippen molar-refractivity contribution in [3.8, 4) is 0 Å². The minimum atomic E-state index is -0.351. The molecule has 0 radical (unpaired) electrons. The summed E-state index contributed by atoms with van der Waals surface area (Å²) in [5.41, 5.74) is 2.79. The summed E-state index contributed by atoms with van der Waals surface area (Å²) >= 11 is 0. The predicted molar refractivity (Wildman–Crippen MR) is 105 cm³/mol. The van der Waals surface area contributed by atoms with Crippen molar-refractivity contribution in [1.82, 2.24) is 0 Å². The fraction of sp³-hybridized carbons (Fsp3) is 0.636. The third-order valence-electron chi connectivity index (χ3n) is 5.07. The van der Waals surface area contributed by atoms with Crippen molar-refractivity contribution in [2.45, 2.75) is 79.9 Å². The topological polar surface area (TPSA) is 52.6 Å². The first kappa shape index (κ1) is 22.2. The number of allylic oxidation sites excluding steroid dienone is 2. The zero-order valence-corrected chi connectivity index (χ0v) is 17.3. The molecule has 0 N–H and O–H groups in total. The second-order valence-corrected chi connectivity index (χ2v) is 7.58. The number of ether oxygens (including phenoxy) is 2. The molecule has 4 heteroatoms. The smallest absolute Gasteiger partial charge is 0.333 e. The molecule has 146 valence electrons. The summed E-state index contributed by atoms with van der Waals surface area (Å²) in [6.45, 7) is 13.4. The Bertz CT molecular complexity index is 595. The van der Waals surface area contributed by atoms with Crippen LogP contribution in [0.3, 0.4) is 0 Å². The quantitative estimate of drug-likeness (QED) is 0.394. The van der Waals surface area contributed by atoms with Gasteiger partial charge in [-0.1, -0.05) is 31.6 Å². The van der Waals surface area contributed by atoms with E-state index >= 15 is 0 Å². The van der Waals surface area contributed by atoms with Gasteiger partial charge in [-0.2, -0.15) is 0 Å². The van der Waals surface area contributed by atoms with Crippen molar-refractivity contribution in [2.75, 3.05) is 0 Å². The molecule has 0 aromatic carbocycles. The van der Waals surface area contributed by atoms with E-state index in [2.05, 4.69) is 26.8 Å². The number of esters is 2. The van der Waals surface area contributed by atoms with Crippen molar-refractivity contribution in [2.24, 2.45) is 11.8 Å². The maximum atomic E-state index is 12.2. The van der Waals surface area contributed by atoms with Crippen molar-refractivity contribution in [1.29, 1.82) is 0 Å². The first-order valence-electron chi connectivity index (χ1n) is 9.50. The second-order valence-electron chi connectivity index (χ2n) is 7.58. The third-order valence-corrected chi connectivity index (χ3v) is 5.07. The molecular weight excluding hydrogens is 328 g/mol. The van der Waals surface area contributed by atoms with Gasteiger partial charge in [-0.05, 0) is 58.1 Å². The van der Waals surface area contributed by atoms with Gasteiger partial charge in [-0.25, -0.2) is 4.79 Å². The van der Waals surface area contributed by atoms with E-state index in [4.69, 9.17) is 9.47 Å². The first-order valence-corrected chi connectivity index (χ1v) is 9.50. The molecular formula is C22H34O4. The Morgan fingerprint density at radius 2 is 1.85 bits per heavy atom. The van der Waals surface area contributed by atoms with Crippen LogP contribution < -0.4 is 0 Å². The van der Waals surface area contributed by atoms with Gasteiger partial charge in [0.2, 0.25) is 0 Å². The van der Waals surface area contributed by atoms with Crippen LogP contribution in [0.4, 0.5) is 0 Å². The van der Waals surface area contributed by atoms with E-state index < -0.39 is 0 Å². The highest BCUT2D eigenvalue weighted by atomic mass is 16.5. The van der Waals surface area contributed by atoms with Gasteiger partial charge in [0, 0.05) is 24.8 Å². The lowest BCUT2D eigenvalue weighted by atomic mass is 9.83. The lowest BCUT2D eigenvalue weighted by Gasteiger charge is -2.30. The first-order chi connectivity index (χ1) is 12.1. The Balaban J connectivity index is 3.22. The molecule has 0 aromatic heterocycles. The number of hydrogen-bond acceptors (Lipinski definition) is 4.